The molecule has 0 heterocycles. The van der Waals surface area contributed by atoms with Crippen molar-refractivity contribution in [1.82, 2.24) is 4.90 Å². The van der Waals surface area contributed by atoms with Gasteiger partial charge in [-0.3, -0.25) is 9.52 Å². The Labute approximate surface area is 125 Å². The van der Waals surface area contributed by atoms with Crippen molar-refractivity contribution in [1.29, 1.82) is 0 Å². The predicted molar refractivity (Wildman–Crippen MR) is 82.8 cm³/mol. The molecule has 0 aliphatic rings. The first-order valence-electron chi connectivity index (χ1n) is 6.85. The van der Waals surface area contributed by atoms with E-state index >= 15 is 0 Å². The molecular weight excluding hydrogens is 292 g/mol. The zero-order valence-corrected chi connectivity index (χ0v) is 13.2. The minimum absolute atomic E-state index is 0.100. The van der Waals surface area contributed by atoms with E-state index in [9.17, 15) is 13.2 Å². The van der Waals surface area contributed by atoms with E-state index in [-0.39, 0.29) is 19.1 Å². The van der Waals surface area contributed by atoms with Gasteiger partial charge in [0.25, 0.3) is 5.91 Å². The van der Waals surface area contributed by atoms with E-state index in [2.05, 4.69) is 4.72 Å². The summed E-state index contributed by atoms with van der Waals surface area (Å²) in [7, 11) is -3.38. The average molecular weight is 314 g/mol. The zero-order valence-electron chi connectivity index (χ0n) is 12.4. The Hall–Kier alpha value is -1.60. The highest BCUT2D eigenvalue weighted by Crippen LogP contribution is 2.14. The molecule has 0 saturated heterocycles. The van der Waals surface area contributed by atoms with Gasteiger partial charge < -0.3 is 10.0 Å². The summed E-state index contributed by atoms with van der Waals surface area (Å²) in [6, 6.07) is 6.34. The number of amides is 1. The molecule has 0 aliphatic carbocycles. The molecule has 1 rings (SSSR count). The molecule has 2 N–H and O–H groups in total. The first-order chi connectivity index (χ1) is 9.87. The van der Waals surface area contributed by atoms with Crippen molar-refractivity contribution < 1.29 is 18.3 Å². The van der Waals surface area contributed by atoms with Crippen LogP contribution in [0.25, 0.3) is 0 Å². The van der Waals surface area contributed by atoms with Crippen LogP contribution in [-0.4, -0.2) is 50.3 Å². The number of aliphatic hydroxyl groups excluding tert-OH is 1. The van der Waals surface area contributed by atoms with Crippen LogP contribution in [0, 0.1) is 0 Å². The van der Waals surface area contributed by atoms with E-state index < -0.39 is 10.0 Å². The maximum Gasteiger partial charge on any atom is 0.254 e. The van der Waals surface area contributed by atoms with Crippen molar-refractivity contribution in [3.8, 4) is 0 Å². The Morgan fingerprint density at radius 3 is 2.62 bits per heavy atom. The lowest BCUT2D eigenvalue weighted by atomic mass is 10.1. The Morgan fingerprint density at radius 1 is 1.33 bits per heavy atom. The van der Waals surface area contributed by atoms with Gasteiger partial charge in [-0.25, -0.2) is 8.42 Å². The minimum Gasteiger partial charge on any atom is -0.395 e. The Bertz CT molecular complexity index is 572. The smallest absolute Gasteiger partial charge is 0.254 e. The van der Waals surface area contributed by atoms with Gasteiger partial charge in [-0.2, -0.15) is 0 Å². The lowest BCUT2D eigenvalue weighted by molar-refractivity contribution is 0.0719. The van der Waals surface area contributed by atoms with Crippen LogP contribution in [0.15, 0.2) is 24.3 Å². The molecule has 0 aliphatic heterocycles. The number of hydrogen-bond acceptors (Lipinski definition) is 4. The quantitative estimate of drug-likeness (QED) is 0.757. The SMILES string of the molecule is CCCCN(CCO)C(=O)c1cccc(NS(C)(=O)=O)c1. The number of carbonyl (C=O) groups is 1. The fraction of sp³-hybridized carbons (Fsp3) is 0.500. The van der Waals surface area contributed by atoms with E-state index in [0.29, 0.717) is 17.8 Å². The van der Waals surface area contributed by atoms with E-state index in [1.165, 1.54) is 6.07 Å². The van der Waals surface area contributed by atoms with Crippen LogP contribution in [0.3, 0.4) is 0 Å². The minimum atomic E-state index is -3.38. The van der Waals surface area contributed by atoms with Crippen LogP contribution in [0.4, 0.5) is 5.69 Å². The average Bonchev–Trinajstić information content (AvgIpc) is 2.41. The molecule has 0 bridgehead atoms. The lowest BCUT2D eigenvalue weighted by Crippen LogP contribution is -2.34. The van der Waals surface area contributed by atoms with Gasteiger partial charge in [-0.05, 0) is 24.6 Å². The molecule has 7 heteroatoms. The summed E-state index contributed by atoms with van der Waals surface area (Å²) in [4.78, 5) is 14.0. The van der Waals surface area contributed by atoms with Crippen molar-refractivity contribution >= 4 is 21.6 Å². The molecule has 0 saturated carbocycles. The van der Waals surface area contributed by atoms with Gasteiger partial charge in [-0.1, -0.05) is 19.4 Å². The van der Waals surface area contributed by atoms with E-state index in [1.54, 1.807) is 23.1 Å². The fourth-order valence-electron chi connectivity index (χ4n) is 1.90. The van der Waals surface area contributed by atoms with Crippen LogP contribution >= 0.6 is 0 Å². The third-order valence-electron chi connectivity index (χ3n) is 2.85. The summed E-state index contributed by atoms with van der Waals surface area (Å²) in [5.41, 5.74) is 0.746. The van der Waals surface area contributed by atoms with Crippen LogP contribution in [0.5, 0.6) is 0 Å². The molecule has 0 spiro atoms. The van der Waals surface area contributed by atoms with E-state index in [1.807, 2.05) is 6.92 Å². The van der Waals surface area contributed by atoms with Gasteiger partial charge in [0.05, 0.1) is 12.9 Å². The third-order valence-corrected chi connectivity index (χ3v) is 3.46. The molecular formula is C14H22N2O4S. The van der Waals surface area contributed by atoms with Gasteiger partial charge in [0.2, 0.25) is 10.0 Å². The molecule has 1 amide bonds. The summed E-state index contributed by atoms with van der Waals surface area (Å²) in [5.74, 6) is -0.213. The van der Waals surface area contributed by atoms with Gasteiger partial charge in [0.15, 0.2) is 0 Å². The molecule has 21 heavy (non-hydrogen) atoms. The second-order valence-electron chi connectivity index (χ2n) is 4.82. The summed E-state index contributed by atoms with van der Waals surface area (Å²) in [5, 5.41) is 9.05. The van der Waals surface area contributed by atoms with Crippen LogP contribution in [-0.2, 0) is 10.0 Å². The summed E-state index contributed by atoms with van der Waals surface area (Å²) in [6.07, 6.45) is 2.86. The van der Waals surface area contributed by atoms with Crippen molar-refractivity contribution in [2.24, 2.45) is 0 Å². The molecule has 1 aromatic carbocycles. The van der Waals surface area contributed by atoms with Crippen molar-refractivity contribution in [3.05, 3.63) is 29.8 Å². The molecule has 0 radical (unpaired) electrons. The number of hydrogen-bond donors (Lipinski definition) is 2. The first kappa shape index (κ1) is 17.5. The maximum atomic E-state index is 12.4. The summed E-state index contributed by atoms with van der Waals surface area (Å²) >= 11 is 0. The molecule has 6 nitrogen and oxygen atoms in total. The molecule has 0 atom stereocenters. The summed E-state index contributed by atoms with van der Waals surface area (Å²) in [6.45, 7) is 2.76. The third kappa shape index (κ3) is 6.14. The lowest BCUT2D eigenvalue weighted by Gasteiger charge is -2.21. The monoisotopic (exact) mass is 314 g/mol. The first-order valence-corrected chi connectivity index (χ1v) is 8.74. The fourth-order valence-corrected chi connectivity index (χ4v) is 2.45. The number of unbranched alkanes of at least 4 members (excludes halogenated alkanes) is 1. The topological polar surface area (TPSA) is 86.7 Å². The highest BCUT2D eigenvalue weighted by molar-refractivity contribution is 7.92. The molecule has 0 unspecified atom stereocenters. The van der Waals surface area contributed by atoms with Crippen LogP contribution in [0.2, 0.25) is 0 Å². The Kier molecular flexibility index (Phi) is 6.64. The van der Waals surface area contributed by atoms with E-state index in [4.69, 9.17) is 5.11 Å². The Balaban J connectivity index is 2.91. The van der Waals surface area contributed by atoms with Crippen LogP contribution in [0.1, 0.15) is 30.1 Å². The number of sulfonamides is 1. The van der Waals surface area contributed by atoms with Crippen molar-refractivity contribution in [3.63, 3.8) is 0 Å². The number of nitrogens with zero attached hydrogens (tertiary/aromatic N) is 1. The second-order valence-corrected chi connectivity index (χ2v) is 6.57. The highest BCUT2D eigenvalue weighted by Gasteiger charge is 2.15. The molecule has 0 aromatic heterocycles. The largest absolute Gasteiger partial charge is 0.395 e. The number of benzene rings is 1. The predicted octanol–water partition coefficient (Wildman–Crippen LogP) is 1.29. The van der Waals surface area contributed by atoms with Crippen molar-refractivity contribution in [2.45, 2.75) is 19.8 Å². The molecule has 1 aromatic rings. The van der Waals surface area contributed by atoms with Gasteiger partial charge in [-0.15, -0.1) is 0 Å². The number of rotatable bonds is 8. The van der Waals surface area contributed by atoms with Gasteiger partial charge >= 0.3 is 0 Å². The second kappa shape index (κ2) is 7.99. The van der Waals surface area contributed by atoms with Gasteiger partial charge in [0, 0.05) is 24.3 Å². The van der Waals surface area contributed by atoms with Crippen molar-refractivity contribution in [2.75, 3.05) is 30.7 Å². The number of carbonyl (C=O) groups excluding carboxylic acids is 1. The zero-order chi connectivity index (χ0) is 15.9. The standard InChI is InChI=1S/C14H22N2O4S/c1-3-4-8-16(9-10-17)14(18)12-6-5-7-13(11-12)15-21(2,19)20/h5-7,11,15,17H,3-4,8-10H2,1-2H3. The number of aliphatic hydroxyl groups is 1. The van der Waals surface area contributed by atoms with Crippen LogP contribution < -0.4 is 4.72 Å². The Morgan fingerprint density at radius 2 is 2.05 bits per heavy atom. The number of nitrogens with one attached hydrogen (secondary N) is 1. The molecule has 0 fully saturated rings. The normalized spacial score (nSPS) is 11.2. The number of anilines is 1. The highest BCUT2D eigenvalue weighted by atomic mass is 32.2. The molecule has 118 valence electrons. The maximum absolute atomic E-state index is 12.4. The van der Waals surface area contributed by atoms with Gasteiger partial charge in [0.1, 0.15) is 0 Å². The summed E-state index contributed by atoms with van der Waals surface area (Å²) < 4.78 is 24.8. The van der Waals surface area contributed by atoms with E-state index in [0.717, 1.165) is 19.1 Å².